The molecular formula is C21H17Cl2N3O3. The van der Waals surface area contributed by atoms with Crippen LogP contribution in [0.2, 0.25) is 10.2 Å². The Morgan fingerprint density at radius 1 is 1.14 bits per heavy atom. The zero-order valence-electron chi connectivity index (χ0n) is 15.4. The molecular weight excluding hydrogens is 413 g/mol. The first kappa shape index (κ1) is 20.6. The number of nitrogens with one attached hydrogen (secondary N) is 1. The summed E-state index contributed by atoms with van der Waals surface area (Å²) in [4.78, 5) is 15.9. The SMILES string of the molecule is COc1cc(/C=N/NC(=O)c2cccnc2Cl)ccc1OCc1ccccc1Cl. The number of aromatic nitrogens is 1. The molecule has 0 saturated carbocycles. The Labute approximate surface area is 178 Å². The molecule has 0 unspecified atom stereocenters. The van der Waals surface area contributed by atoms with Crippen molar-refractivity contribution in [2.24, 2.45) is 5.10 Å². The monoisotopic (exact) mass is 429 g/mol. The number of pyridine rings is 1. The van der Waals surface area contributed by atoms with Crippen molar-refractivity contribution in [2.75, 3.05) is 7.11 Å². The van der Waals surface area contributed by atoms with Gasteiger partial charge in [0.1, 0.15) is 11.8 Å². The third-order valence-electron chi connectivity index (χ3n) is 3.91. The minimum absolute atomic E-state index is 0.113. The van der Waals surface area contributed by atoms with Crippen molar-refractivity contribution in [3.05, 3.63) is 87.7 Å². The van der Waals surface area contributed by atoms with Gasteiger partial charge in [0.15, 0.2) is 11.5 Å². The molecule has 0 fully saturated rings. The molecule has 148 valence electrons. The standard InChI is InChI=1S/C21H17Cl2N3O3/c1-28-19-11-14(12-25-26-21(27)16-6-4-10-24-20(16)23)8-9-18(19)29-13-15-5-2-3-7-17(15)22/h2-12H,13H2,1H3,(H,26,27)/b25-12+. The topological polar surface area (TPSA) is 72.8 Å². The van der Waals surface area contributed by atoms with Crippen LogP contribution in [-0.4, -0.2) is 24.2 Å². The van der Waals surface area contributed by atoms with E-state index in [2.05, 4.69) is 15.5 Å². The van der Waals surface area contributed by atoms with Crippen molar-refractivity contribution in [1.29, 1.82) is 0 Å². The minimum Gasteiger partial charge on any atom is -0.493 e. The highest BCUT2D eigenvalue weighted by atomic mass is 35.5. The second-order valence-electron chi connectivity index (χ2n) is 5.83. The summed E-state index contributed by atoms with van der Waals surface area (Å²) in [5, 5.41) is 4.70. The van der Waals surface area contributed by atoms with Crippen LogP contribution in [0.15, 0.2) is 65.9 Å². The van der Waals surface area contributed by atoms with Gasteiger partial charge in [-0.15, -0.1) is 0 Å². The van der Waals surface area contributed by atoms with E-state index in [1.807, 2.05) is 24.3 Å². The molecule has 2 aromatic carbocycles. The third kappa shape index (κ3) is 5.47. The zero-order valence-corrected chi connectivity index (χ0v) is 16.9. The maximum atomic E-state index is 12.1. The molecule has 3 aromatic rings. The van der Waals surface area contributed by atoms with Gasteiger partial charge in [0, 0.05) is 16.8 Å². The van der Waals surface area contributed by atoms with Crippen LogP contribution in [0.1, 0.15) is 21.5 Å². The number of ether oxygens (including phenoxy) is 2. The molecule has 1 amide bonds. The van der Waals surface area contributed by atoms with E-state index in [0.29, 0.717) is 28.7 Å². The molecule has 3 rings (SSSR count). The van der Waals surface area contributed by atoms with E-state index in [1.165, 1.54) is 12.4 Å². The lowest BCUT2D eigenvalue weighted by Gasteiger charge is -2.12. The van der Waals surface area contributed by atoms with Gasteiger partial charge in [0.25, 0.3) is 5.91 Å². The number of benzene rings is 2. The number of hydrogen-bond acceptors (Lipinski definition) is 5. The molecule has 29 heavy (non-hydrogen) atoms. The zero-order chi connectivity index (χ0) is 20.6. The van der Waals surface area contributed by atoms with Crippen molar-refractivity contribution >= 4 is 35.3 Å². The van der Waals surface area contributed by atoms with Crippen molar-refractivity contribution in [3.8, 4) is 11.5 Å². The van der Waals surface area contributed by atoms with E-state index in [1.54, 1.807) is 37.4 Å². The molecule has 0 bridgehead atoms. The number of hydrogen-bond donors (Lipinski definition) is 1. The highest BCUT2D eigenvalue weighted by Crippen LogP contribution is 2.29. The van der Waals surface area contributed by atoms with E-state index in [-0.39, 0.29) is 10.7 Å². The van der Waals surface area contributed by atoms with Crippen LogP contribution in [0.3, 0.4) is 0 Å². The second-order valence-corrected chi connectivity index (χ2v) is 6.60. The van der Waals surface area contributed by atoms with Crippen LogP contribution in [0, 0.1) is 0 Å². The number of methoxy groups -OCH3 is 1. The summed E-state index contributed by atoms with van der Waals surface area (Å²) in [6.45, 7) is 0.311. The smallest absolute Gasteiger partial charge is 0.274 e. The van der Waals surface area contributed by atoms with Gasteiger partial charge < -0.3 is 9.47 Å². The van der Waals surface area contributed by atoms with Crippen LogP contribution in [0.25, 0.3) is 0 Å². The Morgan fingerprint density at radius 2 is 1.97 bits per heavy atom. The van der Waals surface area contributed by atoms with Gasteiger partial charge >= 0.3 is 0 Å². The lowest BCUT2D eigenvalue weighted by atomic mass is 10.2. The van der Waals surface area contributed by atoms with Crippen LogP contribution in [0.5, 0.6) is 11.5 Å². The van der Waals surface area contributed by atoms with Crippen LogP contribution >= 0.6 is 23.2 Å². The van der Waals surface area contributed by atoms with Gasteiger partial charge in [-0.2, -0.15) is 5.10 Å². The summed E-state index contributed by atoms with van der Waals surface area (Å²) in [6.07, 6.45) is 2.99. The van der Waals surface area contributed by atoms with Gasteiger partial charge in [-0.3, -0.25) is 4.79 Å². The molecule has 1 aromatic heterocycles. The summed E-state index contributed by atoms with van der Waals surface area (Å²) >= 11 is 12.0. The molecule has 1 heterocycles. The largest absolute Gasteiger partial charge is 0.493 e. The van der Waals surface area contributed by atoms with Gasteiger partial charge in [-0.1, -0.05) is 41.4 Å². The lowest BCUT2D eigenvalue weighted by molar-refractivity contribution is 0.0955. The van der Waals surface area contributed by atoms with E-state index < -0.39 is 5.91 Å². The average molecular weight is 430 g/mol. The summed E-state index contributed by atoms with van der Waals surface area (Å²) in [6, 6.07) is 15.9. The third-order valence-corrected chi connectivity index (χ3v) is 4.58. The first-order valence-electron chi connectivity index (χ1n) is 8.56. The molecule has 6 nitrogen and oxygen atoms in total. The van der Waals surface area contributed by atoms with Crippen LogP contribution in [-0.2, 0) is 6.61 Å². The summed E-state index contributed by atoms with van der Waals surface area (Å²) in [5.74, 6) is 0.643. The fourth-order valence-corrected chi connectivity index (χ4v) is 2.83. The Bertz CT molecular complexity index is 1040. The van der Waals surface area contributed by atoms with Gasteiger partial charge in [-0.05, 0) is 42.0 Å². The van der Waals surface area contributed by atoms with Crippen molar-refractivity contribution in [1.82, 2.24) is 10.4 Å². The van der Waals surface area contributed by atoms with Crippen molar-refractivity contribution in [3.63, 3.8) is 0 Å². The Kier molecular flexibility index (Phi) is 7.05. The van der Waals surface area contributed by atoms with Crippen LogP contribution in [0.4, 0.5) is 0 Å². The summed E-state index contributed by atoms with van der Waals surface area (Å²) < 4.78 is 11.2. The Morgan fingerprint density at radius 3 is 2.72 bits per heavy atom. The van der Waals surface area contributed by atoms with E-state index in [0.717, 1.165) is 5.56 Å². The molecule has 0 saturated heterocycles. The van der Waals surface area contributed by atoms with E-state index in [9.17, 15) is 4.79 Å². The highest BCUT2D eigenvalue weighted by molar-refractivity contribution is 6.32. The molecule has 0 aliphatic rings. The first-order valence-corrected chi connectivity index (χ1v) is 9.32. The predicted octanol–water partition coefficient (Wildman–Crippen LogP) is 4.74. The Balaban J connectivity index is 1.65. The van der Waals surface area contributed by atoms with Crippen molar-refractivity contribution < 1.29 is 14.3 Å². The minimum atomic E-state index is -0.453. The van der Waals surface area contributed by atoms with Gasteiger partial charge in [0.2, 0.25) is 0 Å². The average Bonchev–Trinajstić information content (AvgIpc) is 2.74. The first-order chi connectivity index (χ1) is 14.1. The summed E-state index contributed by atoms with van der Waals surface area (Å²) in [5.41, 5.74) is 4.24. The molecule has 0 aliphatic carbocycles. The second kappa shape index (κ2) is 9.91. The molecule has 8 heteroatoms. The van der Waals surface area contributed by atoms with Crippen LogP contribution < -0.4 is 14.9 Å². The number of hydrazone groups is 1. The molecule has 0 radical (unpaired) electrons. The predicted molar refractivity (Wildman–Crippen MR) is 113 cm³/mol. The molecule has 1 N–H and O–H groups in total. The molecule has 0 atom stereocenters. The number of carbonyl (C=O) groups is 1. The Hall–Kier alpha value is -3.09. The van der Waals surface area contributed by atoms with Gasteiger partial charge in [0.05, 0.1) is 18.9 Å². The maximum Gasteiger partial charge on any atom is 0.274 e. The number of rotatable bonds is 7. The van der Waals surface area contributed by atoms with Crippen molar-refractivity contribution in [2.45, 2.75) is 6.61 Å². The normalized spacial score (nSPS) is 10.7. The molecule has 0 aliphatic heterocycles. The number of carbonyl (C=O) groups excluding carboxylic acids is 1. The number of nitrogens with zero attached hydrogens (tertiary/aromatic N) is 2. The summed E-state index contributed by atoms with van der Waals surface area (Å²) in [7, 11) is 1.55. The maximum absolute atomic E-state index is 12.1. The fourth-order valence-electron chi connectivity index (χ4n) is 2.44. The fraction of sp³-hybridized carbons (Fsp3) is 0.0952. The van der Waals surface area contributed by atoms with Gasteiger partial charge in [-0.25, -0.2) is 10.4 Å². The number of halogens is 2. The highest BCUT2D eigenvalue weighted by Gasteiger charge is 2.10. The molecule has 0 spiro atoms. The quantitative estimate of drug-likeness (QED) is 0.334. The van der Waals surface area contributed by atoms with E-state index >= 15 is 0 Å². The lowest BCUT2D eigenvalue weighted by Crippen LogP contribution is -2.18. The number of amides is 1. The van der Waals surface area contributed by atoms with E-state index in [4.69, 9.17) is 32.7 Å².